The molecule has 0 aromatic rings. The van der Waals surface area contributed by atoms with Gasteiger partial charge in [0.05, 0.1) is 0 Å². The third-order valence-corrected chi connectivity index (χ3v) is 2.10. The van der Waals surface area contributed by atoms with E-state index < -0.39 is 27.5 Å². The summed E-state index contributed by atoms with van der Waals surface area (Å²) in [6.07, 6.45) is 0. The Labute approximate surface area is 75.7 Å². The van der Waals surface area contributed by atoms with Crippen LogP contribution in [0, 0.1) is 0 Å². The molecule has 0 saturated heterocycles. The normalized spacial score (nSPS) is 19.9. The molecule has 0 spiro atoms. The summed E-state index contributed by atoms with van der Waals surface area (Å²) in [6, 6.07) is 0. The minimum absolute atomic E-state index is 0.765. The molecule has 0 bridgehead atoms. The van der Waals surface area contributed by atoms with Gasteiger partial charge in [-0.05, 0) is 0 Å². The van der Waals surface area contributed by atoms with Gasteiger partial charge in [-0.15, -0.1) is 0 Å². The summed E-state index contributed by atoms with van der Waals surface area (Å²) in [5.41, 5.74) is -2.38. The van der Waals surface area contributed by atoms with Gasteiger partial charge in [0.2, 0.25) is 0 Å². The zero-order valence-corrected chi connectivity index (χ0v) is 7.85. The fourth-order valence-corrected chi connectivity index (χ4v) is 1.86. The number of hydrogen-bond donors (Lipinski definition) is 0. The van der Waals surface area contributed by atoms with Gasteiger partial charge < -0.3 is 4.74 Å². The molecule has 0 aliphatic rings. The molecule has 0 aromatic carbocycles. The number of hydrogen-bond acceptors (Lipinski definition) is 2. The highest BCUT2D eigenvalue weighted by Crippen LogP contribution is 2.97. The summed E-state index contributed by atoms with van der Waals surface area (Å²) in [7, 11) is -9.59. The quantitative estimate of drug-likeness (QED) is 0.435. The summed E-state index contributed by atoms with van der Waals surface area (Å²) in [5.74, 6) is -3.76. The van der Waals surface area contributed by atoms with Crippen molar-refractivity contribution in [2.24, 2.45) is 0 Å². The maximum atomic E-state index is 11.6. The Morgan fingerprint density at radius 3 is 2.00 bits per heavy atom. The molecule has 0 fully saturated rings. The van der Waals surface area contributed by atoms with Crippen LogP contribution in [0.25, 0.3) is 0 Å². The van der Waals surface area contributed by atoms with Gasteiger partial charge in [0, 0.05) is 6.92 Å². The zero-order chi connectivity index (χ0) is 11.0. The lowest BCUT2D eigenvalue weighted by Gasteiger charge is -2.40. The van der Waals surface area contributed by atoms with Crippen molar-refractivity contribution in [2.45, 2.75) is 12.5 Å². The van der Waals surface area contributed by atoms with Crippen molar-refractivity contribution in [2.75, 3.05) is 5.75 Å². The number of alkyl halides is 1. The molecule has 9 heteroatoms. The van der Waals surface area contributed by atoms with Crippen LogP contribution in [-0.2, 0) is 9.53 Å². The van der Waals surface area contributed by atoms with E-state index in [4.69, 9.17) is 11.6 Å². The molecule has 0 rings (SSSR count). The van der Waals surface area contributed by atoms with Gasteiger partial charge in [-0.3, -0.25) is 4.79 Å². The first-order valence-corrected chi connectivity index (χ1v) is 5.39. The smallest absolute Gasteiger partial charge is 0.304 e. The van der Waals surface area contributed by atoms with E-state index in [2.05, 4.69) is 4.74 Å². The lowest BCUT2D eigenvalue weighted by atomic mass is 10.8. The Kier molecular flexibility index (Phi) is 2.58. The van der Waals surface area contributed by atoms with Crippen molar-refractivity contribution in [3.05, 3.63) is 0 Å². The van der Waals surface area contributed by atoms with E-state index in [1.54, 1.807) is 0 Å². The molecular weight excluding hydrogens is 243 g/mol. The predicted octanol–water partition coefficient (Wildman–Crippen LogP) is 3.41. The third kappa shape index (κ3) is 9.68. The summed E-state index contributed by atoms with van der Waals surface area (Å²) < 4.78 is 61.9. The Balaban J connectivity index is 4.39. The second-order valence-electron chi connectivity index (χ2n) is 2.31. The van der Waals surface area contributed by atoms with Crippen LogP contribution in [0.4, 0.5) is 19.4 Å². The highest BCUT2D eigenvalue weighted by atomic mass is 35.5. The average Bonchev–Trinajstić information content (AvgIpc) is 1.48. The Morgan fingerprint density at radius 2 is 1.77 bits per heavy atom. The van der Waals surface area contributed by atoms with Crippen molar-refractivity contribution in [1.82, 2.24) is 0 Å². The van der Waals surface area contributed by atoms with Gasteiger partial charge in [-0.25, -0.2) is 0 Å². The molecule has 1 atom stereocenters. The fourth-order valence-electron chi connectivity index (χ4n) is 0.462. The lowest BCUT2D eigenvalue weighted by Crippen LogP contribution is -2.23. The standard InChI is InChI=1S/C4H6ClF5O2S/c1-3(11)12-4(5)2-13(6,7,8,9)10/h4H,2H2,1H3. The van der Waals surface area contributed by atoms with E-state index in [1.807, 2.05) is 0 Å². The van der Waals surface area contributed by atoms with Gasteiger partial charge in [-0.2, -0.15) is 0 Å². The van der Waals surface area contributed by atoms with E-state index in [1.165, 1.54) is 0 Å². The predicted molar refractivity (Wildman–Crippen MR) is 39.4 cm³/mol. The molecule has 0 aromatic heterocycles. The first kappa shape index (κ1) is 12.8. The van der Waals surface area contributed by atoms with Crippen LogP contribution in [0.15, 0.2) is 0 Å². The molecule has 2 nitrogen and oxygen atoms in total. The second kappa shape index (κ2) is 2.63. The number of carbonyl (C=O) groups is 1. The van der Waals surface area contributed by atoms with E-state index >= 15 is 0 Å². The zero-order valence-electron chi connectivity index (χ0n) is 6.28. The first-order valence-electron chi connectivity index (χ1n) is 2.83. The summed E-state index contributed by atoms with van der Waals surface area (Å²) in [4.78, 5) is 10.0. The molecule has 0 aliphatic heterocycles. The van der Waals surface area contributed by atoms with E-state index in [0.29, 0.717) is 0 Å². The van der Waals surface area contributed by atoms with Gasteiger partial charge >= 0.3 is 5.97 Å². The third-order valence-electron chi connectivity index (χ3n) is 0.740. The molecule has 13 heavy (non-hydrogen) atoms. The maximum Gasteiger partial charge on any atom is 0.304 e. The molecule has 0 amide bonds. The van der Waals surface area contributed by atoms with Crippen molar-refractivity contribution < 1.29 is 29.0 Å². The minimum Gasteiger partial charge on any atom is -0.445 e. The Morgan fingerprint density at radius 1 is 1.38 bits per heavy atom. The Bertz CT molecular complexity index is 222. The van der Waals surface area contributed by atoms with Crippen LogP contribution >= 0.6 is 21.8 Å². The van der Waals surface area contributed by atoms with Crippen LogP contribution in [0.3, 0.4) is 0 Å². The molecule has 0 aliphatic carbocycles. The van der Waals surface area contributed by atoms with Crippen molar-refractivity contribution in [1.29, 1.82) is 0 Å². The van der Waals surface area contributed by atoms with E-state index in [-0.39, 0.29) is 0 Å². The second-order valence-corrected chi connectivity index (χ2v) is 5.39. The number of carbonyl (C=O) groups excluding carboxylic acids is 1. The van der Waals surface area contributed by atoms with Crippen LogP contribution in [0.5, 0.6) is 0 Å². The van der Waals surface area contributed by atoms with E-state index in [9.17, 15) is 24.2 Å². The number of rotatable bonds is 3. The van der Waals surface area contributed by atoms with Crippen LogP contribution in [0.2, 0.25) is 0 Å². The highest BCUT2D eigenvalue weighted by Gasteiger charge is 2.64. The molecule has 82 valence electrons. The fraction of sp³-hybridized carbons (Fsp3) is 0.750. The number of esters is 1. The molecule has 0 saturated carbocycles. The summed E-state index contributed by atoms with van der Waals surface area (Å²) in [6.45, 7) is 0.765. The lowest BCUT2D eigenvalue weighted by molar-refractivity contribution is -0.142. The SMILES string of the molecule is CC(=O)OC(Cl)CS(F)(F)(F)(F)F. The van der Waals surface area contributed by atoms with Gasteiger partial charge in [0.25, 0.3) is 10.2 Å². The molecule has 0 radical (unpaired) electrons. The van der Waals surface area contributed by atoms with Crippen molar-refractivity contribution >= 4 is 27.8 Å². The van der Waals surface area contributed by atoms with Gasteiger partial charge in [0.15, 0.2) is 5.56 Å². The van der Waals surface area contributed by atoms with Gasteiger partial charge in [-0.1, -0.05) is 31.0 Å². The molecule has 1 unspecified atom stereocenters. The van der Waals surface area contributed by atoms with Crippen molar-refractivity contribution in [3.63, 3.8) is 0 Å². The monoisotopic (exact) mass is 248 g/mol. The molecule has 0 heterocycles. The molecular formula is C4H6ClF5O2S. The van der Waals surface area contributed by atoms with Crippen molar-refractivity contribution in [3.8, 4) is 0 Å². The number of halogens is 6. The Hall–Kier alpha value is -0.240. The maximum absolute atomic E-state index is 11.6. The number of ether oxygens (including phenoxy) is 1. The largest absolute Gasteiger partial charge is 0.445 e. The van der Waals surface area contributed by atoms with E-state index in [0.717, 1.165) is 6.92 Å². The van der Waals surface area contributed by atoms with Gasteiger partial charge in [0.1, 0.15) is 5.75 Å². The van der Waals surface area contributed by atoms with Crippen LogP contribution in [0.1, 0.15) is 6.92 Å². The van der Waals surface area contributed by atoms with Crippen LogP contribution < -0.4 is 0 Å². The summed E-state index contributed by atoms with van der Waals surface area (Å²) >= 11 is 4.73. The molecule has 0 N–H and O–H groups in total. The average molecular weight is 249 g/mol. The highest BCUT2D eigenvalue weighted by molar-refractivity contribution is 8.45. The first-order chi connectivity index (χ1) is 5.29. The topological polar surface area (TPSA) is 26.3 Å². The minimum atomic E-state index is -9.59. The summed E-state index contributed by atoms with van der Waals surface area (Å²) in [5, 5.41) is 0. The van der Waals surface area contributed by atoms with Crippen LogP contribution in [-0.4, -0.2) is 17.3 Å².